The van der Waals surface area contributed by atoms with Crippen LogP contribution in [0.1, 0.15) is 11.4 Å². The molecule has 6 heteroatoms. The van der Waals surface area contributed by atoms with Crippen molar-refractivity contribution in [3.05, 3.63) is 45.7 Å². The van der Waals surface area contributed by atoms with Crippen molar-refractivity contribution < 1.29 is 0 Å². The lowest BCUT2D eigenvalue weighted by atomic mass is 10.4. The van der Waals surface area contributed by atoms with E-state index in [1.807, 2.05) is 19.1 Å². The predicted octanol–water partition coefficient (Wildman–Crippen LogP) is 4.11. The molecular weight excluding hydrogens is 289 g/mol. The Balaban J connectivity index is 2.31. The first-order valence-electron chi connectivity index (χ1n) is 4.97. The molecule has 90 valence electrons. The van der Waals surface area contributed by atoms with Crippen LogP contribution in [0.15, 0.2) is 34.3 Å². The number of benzene rings is 1. The van der Waals surface area contributed by atoms with Crippen LogP contribution in [0, 0.1) is 18.3 Å². The highest BCUT2D eigenvalue weighted by Gasteiger charge is 2.06. The van der Waals surface area contributed by atoms with Crippen molar-refractivity contribution in [1.82, 2.24) is 9.97 Å². The van der Waals surface area contributed by atoms with Crippen LogP contribution in [0.4, 0.5) is 0 Å². The molecule has 0 aliphatic carbocycles. The second-order valence-corrected chi connectivity index (χ2v) is 5.32. The van der Waals surface area contributed by atoms with Gasteiger partial charge < -0.3 is 0 Å². The van der Waals surface area contributed by atoms with E-state index in [1.54, 1.807) is 18.2 Å². The molecule has 18 heavy (non-hydrogen) atoms. The molecule has 0 fully saturated rings. The van der Waals surface area contributed by atoms with Gasteiger partial charge in [0.1, 0.15) is 11.8 Å². The van der Waals surface area contributed by atoms with Gasteiger partial charge in [-0.05, 0) is 43.0 Å². The van der Waals surface area contributed by atoms with E-state index in [4.69, 9.17) is 28.5 Å². The lowest BCUT2D eigenvalue weighted by Gasteiger charge is -2.03. The number of aryl methyl sites for hydroxylation is 1. The Morgan fingerprint density at radius 2 is 1.94 bits per heavy atom. The van der Waals surface area contributed by atoms with Crippen molar-refractivity contribution in [1.29, 1.82) is 5.26 Å². The topological polar surface area (TPSA) is 49.6 Å². The first-order chi connectivity index (χ1) is 8.58. The second-order valence-electron chi connectivity index (χ2n) is 3.47. The normalized spacial score (nSPS) is 10.1. The van der Waals surface area contributed by atoms with Crippen LogP contribution in [0.25, 0.3) is 0 Å². The number of halogens is 2. The van der Waals surface area contributed by atoms with Crippen LogP contribution in [0.2, 0.25) is 10.0 Å². The molecule has 0 aliphatic rings. The monoisotopic (exact) mass is 295 g/mol. The fourth-order valence-corrected chi connectivity index (χ4v) is 2.51. The molecule has 0 bridgehead atoms. The summed E-state index contributed by atoms with van der Waals surface area (Å²) in [5.41, 5.74) is 1.11. The van der Waals surface area contributed by atoms with Gasteiger partial charge in [0.15, 0.2) is 5.16 Å². The van der Waals surface area contributed by atoms with E-state index >= 15 is 0 Å². The Morgan fingerprint density at radius 1 is 1.17 bits per heavy atom. The summed E-state index contributed by atoms with van der Waals surface area (Å²) in [5.74, 6) is 0. The molecule has 0 unspecified atom stereocenters. The average Bonchev–Trinajstić information content (AvgIpc) is 2.33. The fraction of sp³-hybridized carbons (Fsp3) is 0.0833. The first kappa shape index (κ1) is 13.2. The summed E-state index contributed by atoms with van der Waals surface area (Å²) in [6.07, 6.45) is 0. The van der Waals surface area contributed by atoms with Gasteiger partial charge in [-0.25, -0.2) is 9.97 Å². The first-order valence-corrected chi connectivity index (χ1v) is 6.54. The summed E-state index contributed by atoms with van der Waals surface area (Å²) < 4.78 is 0. The maximum atomic E-state index is 8.84. The molecule has 3 nitrogen and oxygen atoms in total. The smallest absolute Gasteiger partial charge is 0.193 e. The number of rotatable bonds is 2. The maximum absolute atomic E-state index is 8.84. The highest BCUT2D eigenvalue weighted by molar-refractivity contribution is 7.99. The van der Waals surface area contributed by atoms with E-state index in [-0.39, 0.29) is 0 Å². The second kappa shape index (κ2) is 5.57. The van der Waals surface area contributed by atoms with Crippen molar-refractivity contribution >= 4 is 35.0 Å². The van der Waals surface area contributed by atoms with Crippen LogP contribution < -0.4 is 0 Å². The summed E-state index contributed by atoms with van der Waals surface area (Å²) in [4.78, 5) is 9.24. The minimum absolute atomic E-state index is 0.352. The van der Waals surface area contributed by atoms with Crippen molar-refractivity contribution in [2.45, 2.75) is 17.0 Å². The van der Waals surface area contributed by atoms with Crippen molar-refractivity contribution in [2.24, 2.45) is 0 Å². The van der Waals surface area contributed by atoms with E-state index in [0.717, 1.165) is 10.6 Å². The number of hydrogen-bond donors (Lipinski definition) is 0. The molecular formula is C12H7Cl2N3S. The molecule has 0 aliphatic heterocycles. The minimum Gasteiger partial charge on any atom is -0.228 e. The standard InChI is InChI=1S/C12H7Cl2N3S/c1-7-4-8(6-15)17-12(16-7)18-9-2-3-10(13)11(14)5-9/h2-5H,1H3. The molecule has 0 atom stereocenters. The molecule has 2 rings (SSSR count). The summed E-state index contributed by atoms with van der Waals surface area (Å²) >= 11 is 13.1. The highest BCUT2D eigenvalue weighted by atomic mass is 35.5. The Kier molecular flexibility index (Phi) is 4.07. The Bertz CT molecular complexity index is 638. The molecule has 0 spiro atoms. The molecule has 0 radical (unpaired) electrons. The lowest BCUT2D eigenvalue weighted by Crippen LogP contribution is -1.93. The van der Waals surface area contributed by atoms with Gasteiger partial charge in [0, 0.05) is 10.6 Å². The molecule has 0 amide bonds. The van der Waals surface area contributed by atoms with Crippen molar-refractivity contribution in [3.8, 4) is 6.07 Å². The van der Waals surface area contributed by atoms with Crippen molar-refractivity contribution in [2.75, 3.05) is 0 Å². The zero-order chi connectivity index (χ0) is 13.1. The van der Waals surface area contributed by atoms with Gasteiger partial charge in [-0.1, -0.05) is 23.2 Å². The van der Waals surface area contributed by atoms with E-state index in [0.29, 0.717) is 20.9 Å². The summed E-state index contributed by atoms with van der Waals surface area (Å²) in [6, 6.07) is 8.93. The van der Waals surface area contributed by atoms with Gasteiger partial charge in [-0.3, -0.25) is 0 Å². The van der Waals surface area contributed by atoms with Gasteiger partial charge >= 0.3 is 0 Å². The Hall–Kier alpha value is -1.28. The van der Waals surface area contributed by atoms with E-state index < -0.39 is 0 Å². The SMILES string of the molecule is Cc1cc(C#N)nc(Sc2ccc(Cl)c(Cl)c2)n1. The fourth-order valence-electron chi connectivity index (χ4n) is 1.29. The van der Waals surface area contributed by atoms with Gasteiger partial charge in [0.25, 0.3) is 0 Å². The highest BCUT2D eigenvalue weighted by Crippen LogP contribution is 2.30. The third-order valence-corrected chi connectivity index (χ3v) is 3.64. The minimum atomic E-state index is 0.352. The summed E-state index contributed by atoms with van der Waals surface area (Å²) in [6.45, 7) is 1.82. The molecule has 1 aromatic carbocycles. The van der Waals surface area contributed by atoms with Crippen molar-refractivity contribution in [3.63, 3.8) is 0 Å². The third kappa shape index (κ3) is 3.14. The van der Waals surface area contributed by atoms with Crippen LogP contribution in [0.3, 0.4) is 0 Å². The predicted molar refractivity (Wildman–Crippen MR) is 72.1 cm³/mol. The Labute approximate surface area is 119 Å². The quantitative estimate of drug-likeness (QED) is 0.782. The van der Waals surface area contributed by atoms with E-state index in [2.05, 4.69) is 9.97 Å². The van der Waals surface area contributed by atoms with E-state index in [9.17, 15) is 0 Å². The molecule has 1 heterocycles. The zero-order valence-corrected chi connectivity index (χ0v) is 11.6. The largest absolute Gasteiger partial charge is 0.228 e. The number of nitrogens with zero attached hydrogens (tertiary/aromatic N) is 3. The lowest BCUT2D eigenvalue weighted by molar-refractivity contribution is 0.919. The maximum Gasteiger partial charge on any atom is 0.193 e. The van der Waals surface area contributed by atoms with Gasteiger partial charge in [-0.2, -0.15) is 5.26 Å². The molecule has 1 aromatic heterocycles. The molecule has 0 saturated heterocycles. The summed E-state index contributed by atoms with van der Waals surface area (Å²) in [7, 11) is 0. The number of aromatic nitrogens is 2. The van der Waals surface area contributed by atoms with E-state index in [1.165, 1.54) is 11.8 Å². The van der Waals surface area contributed by atoms with Gasteiger partial charge in [-0.15, -0.1) is 0 Å². The Morgan fingerprint density at radius 3 is 2.61 bits per heavy atom. The third-order valence-electron chi connectivity index (χ3n) is 2.05. The molecule has 0 saturated carbocycles. The van der Waals surface area contributed by atoms with Crippen LogP contribution in [0.5, 0.6) is 0 Å². The number of nitriles is 1. The van der Waals surface area contributed by atoms with Crippen LogP contribution >= 0.6 is 35.0 Å². The van der Waals surface area contributed by atoms with Crippen LogP contribution in [-0.2, 0) is 0 Å². The van der Waals surface area contributed by atoms with Gasteiger partial charge in [0.05, 0.1) is 10.0 Å². The van der Waals surface area contributed by atoms with Gasteiger partial charge in [0.2, 0.25) is 0 Å². The zero-order valence-electron chi connectivity index (χ0n) is 9.32. The summed E-state index contributed by atoms with van der Waals surface area (Å²) in [5, 5.41) is 10.3. The molecule has 0 N–H and O–H groups in total. The average molecular weight is 296 g/mol. The van der Waals surface area contributed by atoms with Crippen LogP contribution in [-0.4, -0.2) is 9.97 Å². The number of hydrogen-bond acceptors (Lipinski definition) is 4. The molecule has 2 aromatic rings.